The van der Waals surface area contributed by atoms with Gasteiger partial charge in [0.15, 0.2) is 0 Å². The molecule has 1 fully saturated rings. The van der Waals surface area contributed by atoms with E-state index in [0.29, 0.717) is 6.54 Å². The van der Waals surface area contributed by atoms with Crippen LogP contribution in [0.25, 0.3) is 0 Å². The highest BCUT2D eigenvalue weighted by molar-refractivity contribution is 8.00. The second kappa shape index (κ2) is 8.07. The first-order chi connectivity index (χ1) is 12.1. The molecule has 0 unspecified atom stereocenters. The standard InChI is InChI=1S/C21H25NO2S/c1-16-8-9-19(17(2)14-16)20(23)22-15-21(10-12-24-13-11-21)25-18-6-4-3-5-7-18/h3-9,14H,10-13,15H2,1-2H3,(H,22,23). The van der Waals surface area contributed by atoms with E-state index in [9.17, 15) is 4.79 Å². The maximum Gasteiger partial charge on any atom is 0.251 e. The van der Waals surface area contributed by atoms with Gasteiger partial charge in [-0.1, -0.05) is 35.9 Å². The van der Waals surface area contributed by atoms with Gasteiger partial charge in [0.25, 0.3) is 5.91 Å². The molecular weight excluding hydrogens is 330 g/mol. The summed E-state index contributed by atoms with van der Waals surface area (Å²) in [4.78, 5) is 13.9. The molecule has 2 aromatic carbocycles. The third-order valence-electron chi connectivity index (χ3n) is 4.68. The molecule has 3 rings (SSSR count). The highest BCUT2D eigenvalue weighted by Crippen LogP contribution is 2.40. The Hall–Kier alpha value is -1.78. The number of rotatable bonds is 5. The summed E-state index contributed by atoms with van der Waals surface area (Å²) in [6, 6.07) is 16.4. The van der Waals surface area contributed by atoms with Gasteiger partial charge in [-0.3, -0.25) is 4.79 Å². The van der Waals surface area contributed by atoms with E-state index >= 15 is 0 Å². The van der Waals surface area contributed by atoms with Gasteiger partial charge in [-0.2, -0.15) is 0 Å². The van der Waals surface area contributed by atoms with Gasteiger partial charge < -0.3 is 10.1 Å². The second-order valence-corrected chi connectivity index (χ2v) is 8.25. The minimum absolute atomic E-state index is 0.00609. The van der Waals surface area contributed by atoms with Gasteiger partial charge in [-0.25, -0.2) is 0 Å². The zero-order chi connectivity index (χ0) is 17.7. The Morgan fingerprint density at radius 1 is 1.12 bits per heavy atom. The van der Waals surface area contributed by atoms with Crippen molar-refractivity contribution in [1.82, 2.24) is 5.32 Å². The normalized spacial score (nSPS) is 16.4. The summed E-state index contributed by atoms with van der Waals surface area (Å²) in [7, 11) is 0. The first-order valence-electron chi connectivity index (χ1n) is 8.75. The maximum atomic E-state index is 12.7. The molecule has 1 aliphatic rings. The van der Waals surface area contributed by atoms with Crippen molar-refractivity contribution in [2.75, 3.05) is 19.8 Å². The Morgan fingerprint density at radius 3 is 2.52 bits per heavy atom. The summed E-state index contributed by atoms with van der Waals surface area (Å²) in [5.41, 5.74) is 2.96. The molecule has 0 aromatic heterocycles. The van der Waals surface area contributed by atoms with Gasteiger partial charge >= 0.3 is 0 Å². The topological polar surface area (TPSA) is 38.3 Å². The van der Waals surface area contributed by atoms with Crippen molar-refractivity contribution in [2.24, 2.45) is 0 Å². The van der Waals surface area contributed by atoms with Crippen LogP contribution in [-0.2, 0) is 4.74 Å². The van der Waals surface area contributed by atoms with Gasteiger partial charge in [0.2, 0.25) is 0 Å². The summed E-state index contributed by atoms with van der Waals surface area (Å²) < 4.78 is 5.55. The number of hydrogen-bond donors (Lipinski definition) is 1. The largest absolute Gasteiger partial charge is 0.381 e. The van der Waals surface area contributed by atoms with Crippen molar-refractivity contribution < 1.29 is 9.53 Å². The van der Waals surface area contributed by atoms with E-state index in [2.05, 4.69) is 35.6 Å². The van der Waals surface area contributed by atoms with Crippen LogP contribution in [0.5, 0.6) is 0 Å². The SMILES string of the molecule is Cc1ccc(C(=O)NCC2(Sc3ccccc3)CCOCC2)c(C)c1. The highest BCUT2D eigenvalue weighted by Gasteiger charge is 2.34. The Labute approximate surface area is 154 Å². The number of amides is 1. The average molecular weight is 356 g/mol. The van der Waals surface area contributed by atoms with Crippen LogP contribution >= 0.6 is 11.8 Å². The van der Waals surface area contributed by atoms with Crippen LogP contribution in [-0.4, -0.2) is 30.4 Å². The molecule has 1 aliphatic heterocycles. The first kappa shape index (κ1) is 18.0. The lowest BCUT2D eigenvalue weighted by Gasteiger charge is -2.36. The second-order valence-electron chi connectivity index (χ2n) is 6.71. The van der Waals surface area contributed by atoms with Crippen molar-refractivity contribution in [2.45, 2.75) is 36.3 Å². The first-order valence-corrected chi connectivity index (χ1v) is 9.57. The molecule has 1 N–H and O–H groups in total. The summed E-state index contributed by atoms with van der Waals surface area (Å²) in [6.07, 6.45) is 1.89. The molecule has 2 aromatic rings. The lowest BCUT2D eigenvalue weighted by atomic mass is 9.98. The van der Waals surface area contributed by atoms with Gasteiger partial charge in [0, 0.05) is 35.0 Å². The third-order valence-corrected chi connectivity index (χ3v) is 6.17. The fourth-order valence-electron chi connectivity index (χ4n) is 3.20. The molecule has 0 aliphatic carbocycles. The number of carbonyl (C=O) groups excluding carboxylic acids is 1. The Morgan fingerprint density at radius 2 is 1.84 bits per heavy atom. The molecule has 1 amide bonds. The van der Waals surface area contributed by atoms with Crippen molar-refractivity contribution in [3.8, 4) is 0 Å². The molecular formula is C21H25NO2S. The fourth-order valence-corrected chi connectivity index (χ4v) is 4.51. The molecule has 25 heavy (non-hydrogen) atoms. The van der Waals surface area contributed by atoms with Gasteiger partial charge in [0.05, 0.1) is 0 Å². The van der Waals surface area contributed by atoms with E-state index in [1.807, 2.05) is 43.8 Å². The number of ether oxygens (including phenoxy) is 1. The minimum atomic E-state index is -0.00609. The number of hydrogen-bond acceptors (Lipinski definition) is 3. The van der Waals surface area contributed by atoms with Crippen molar-refractivity contribution in [3.05, 3.63) is 65.2 Å². The molecule has 1 heterocycles. The fraction of sp³-hybridized carbons (Fsp3) is 0.381. The smallest absolute Gasteiger partial charge is 0.251 e. The summed E-state index contributed by atoms with van der Waals surface area (Å²) in [6.45, 7) is 6.19. The Kier molecular flexibility index (Phi) is 5.82. The van der Waals surface area contributed by atoms with Crippen LogP contribution in [0, 0.1) is 13.8 Å². The molecule has 0 spiro atoms. The molecule has 0 radical (unpaired) electrons. The van der Waals surface area contributed by atoms with Crippen LogP contribution in [0.3, 0.4) is 0 Å². The quantitative estimate of drug-likeness (QED) is 0.865. The van der Waals surface area contributed by atoms with Crippen LogP contribution in [0.2, 0.25) is 0 Å². The molecule has 0 saturated carbocycles. The predicted molar refractivity (Wildman–Crippen MR) is 103 cm³/mol. The van der Waals surface area contributed by atoms with E-state index < -0.39 is 0 Å². The van der Waals surface area contributed by atoms with E-state index in [1.54, 1.807) is 0 Å². The van der Waals surface area contributed by atoms with E-state index in [0.717, 1.165) is 37.2 Å². The van der Waals surface area contributed by atoms with Gasteiger partial charge in [0.1, 0.15) is 0 Å². The average Bonchev–Trinajstić information content (AvgIpc) is 2.61. The van der Waals surface area contributed by atoms with Crippen LogP contribution < -0.4 is 5.32 Å². The molecule has 0 bridgehead atoms. The van der Waals surface area contributed by atoms with E-state index in [4.69, 9.17) is 4.74 Å². The summed E-state index contributed by atoms with van der Waals surface area (Å²) >= 11 is 1.86. The molecule has 3 nitrogen and oxygen atoms in total. The number of benzene rings is 2. The maximum absolute atomic E-state index is 12.7. The van der Waals surface area contributed by atoms with Crippen molar-refractivity contribution in [1.29, 1.82) is 0 Å². The third kappa shape index (κ3) is 4.65. The zero-order valence-electron chi connectivity index (χ0n) is 14.9. The van der Waals surface area contributed by atoms with Crippen LogP contribution in [0.4, 0.5) is 0 Å². The molecule has 1 saturated heterocycles. The lowest BCUT2D eigenvalue weighted by Crippen LogP contribution is -2.44. The number of thioether (sulfide) groups is 1. The number of carbonyl (C=O) groups is 1. The van der Waals surface area contributed by atoms with Crippen LogP contribution in [0.1, 0.15) is 34.3 Å². The zero-order valence-corrected chi connectivity index (χ0v) is 15.7. The van der Waals surface area contributed by atoms with Crippen LogP contribution in [0.15, 0.2) is 53.4 Å². The summed E-state index contributed by atoms with van der Waals surface area (Å²) in [5.74, 6) is 0.0111. The van der Waals surface area contributed by atoms with Crippen molar-refractivity contribution in [3.63, 3.8) is 0 Å². The predicted octanol–water partition coefficient (Wildman–Crippen LogP) is 4.37. The number of aryl methyl sites for hydroxylation is 2. The minimum Gasteiger partial charge on any atom is -0.381 e. The lowest BCUT2D eigenvalue weighted by molar-refractivity contribution is 0.0741. The monoisotopic (exact) mass is 355 g/mol. The summed E-state index contributed by atoms with van der Waals surface area (Å²) in [5, 5.41) is 3.17. The molecule has 0 atom stereocenters. The van der Waals surface area contributed by atoms with Gasteiger partial charge in [-0.15, -0.1) is 11.8 Å². The highest BCUT2D eigenvalue weighted by atomic mass is 32.2. The van der Waals surface area contributed by atoms with Crippen molar-refractivity contribution >= 4 is 17.7 Å². The van der Waals surface area contributed by atoms with Gasteiger partial charge in [-0.05, 0) is 50.5 Å². The Balaban J connectivity index is 1.71. The molecule has 132 valence electrons. The Bertz CT molecular complexity index is 724. The van der Waals surface area contributed by atoms with E-state index in [1.165, 1.54) is 10.5 Å². The molecule has 4 heteroatoms. The van der Waals surface area contributed by atoms with E-state index in [-0.39, 0.29) is 10.7 Å². The number of nitrogens with one attached hydrogen (secondary N) is 1.